The second-order valence-corrected chi connectivity index (χ2v) is 22.1. The Balaban J connectivity index is 1.27. The average molecular weight is 904 g/mol. The highest BCUT2D eigenvalue weighted by molar-refractivity contribution is 7.89. The zero-order valence-electron chi connectivity index (χ0n) is 39.5. The van der Waals surface area contributed by atoms with Crippen LogP contribution in [-0.4, -0.2) is 101 Å². The number of aryl methyl sites for hydroxylation is 1. The van der Waals surface area contributed by atoms with Gasteiger partial charge in [-0.05, 0) is 109 Å². The Morgan fingerprint density at radius 2 is 1.56 bits per heavy atom. The van der Waals surface area contributed by atoms with E-state index in [9.17, 15) is 33.3 Å². The van der Waals surface area contributed by atoms with E-state index in [2.05, 4.69) is 18.6 Å². The maximum Gasteiger partial charge on any atom is 0.309 e. The first-order valence-corrected chi connectivity index (χ1v) is 25.3. The normalized spacial score (nSPS) is 40.9. The third-order valence-corrected chi connectivity index (χ3v) is 17.5. The number of aliphatic hydroxyl groups is 2. The van der Waals surface area contributed by atoms with Gasteiger partial charge in [-0.15, -0.1) is 0 Å². The van der Waals surface area contributed by atoms with Gasteiger partial charge in [-0.3, -0.25) is 9.59 Å². The number of nitrogens with one attached hydrogen (secondary N) is 1. The Labute approximate surface area is 376 Å². The molecule has 1 unspecified atom stereocenters. The molecule has 0 aromatic heterocycles. The van der Waals surface area contributed by atoms with Gasteiger partial charge in [0, 0.05) is 30.1 Å². The highest BCUT2D eigenvalue weighted by atomic mass is 32.2. The molecule has 5 heterocycles. The van der Waals surface area contributed by atoms with Crippen molar-refractivity contribution in [2.45, 2.75) is 211 Å². The van der Waals surface area contributed by atoms with Crippen molar-refractivity contribution in [3.63, 3.8) is 0 Å². The molecule has 14 heteroatoms. The molecule has 356 valence electrons. The molecule has 4 fully saturated rings. The minimum atomic E-state index is -4.05. The Morgan fingerprint density at radius 1 is 0.889 bits per heavy atom. The zero-order chi connectivity index (χ0) is 46.4. The molecule has 1 aromatic rings. The van der Waals surface area contributed by atoms with E-state index in [1.54, 1.807) is 43.3 Å². The lowest BCUT2D eigenvalue weighted by atomic mass is 9.72. The van der Waals surface area contributed by atoms with Crippen LogP contribution in [0.1, 0.15) is 139 Å². The largest absolute Gasteiger partial charge is 0.481 e. The number of ether oxygens (including phenoxy) is 5. The van der Waals surface area contributed by atoms with E-state index in [1.165, 1.54) is 0 Å². The molecule has 18 atom stereocenters. The minimum Gasteiger partial charge on any atom is -0.481 e. The van der Waals surface area contributed by atoms with Crippen LogP contribution in [0.4, 0.5) is 0 Å². The number of carbonyl (C=O) groups is 2. The van der Waals surface area contributed by atoms with Crippen molar-refractivity contribution in [1.29, 1.82) is 0 Å². The summed E-state index contributed by atoms with van der Waals surface area (Å²) in [5, 5.41) is 33.0. The predicted molar refractivity (Wildman–Crippen MR) is 238 cm³/mol. The summed E-state index contributed by atoms with van der Waals surface area (Å²) < 4.78 is 65.4. The van der Waals surface area contributed by atoms with Gasteiger partial charge in [0.05, 0.1) is 64.7 Å². The molecule has 13 nitrogen and oxygen atoms in total. The van der Waals surface area contributed by atoms with Gasteiger partial charge in [0.15, 0.2) is 11.6 Å². The van der Waals surface area contributed by atoms with E-state index >= 15 is 0 Å². The standard InChI is InChI=1S/C49H77NO12S/c1-12-36(45(53)54)38-20-17-29(5)43(59-38)33(9)41(51)32(8)42(52)37(13-2)44-30(6)27-31(7)48(60-44)24-21-39(50-63(56,57)35-18-15-28(4)16-19-35)49(62-48)26-25-46(11,61-49)40-22-23-47(55,14-3)34(10)58-40/h15-16,18-19,21,24,29-34,36-41,43-44,50-51,55H,12-14,17,20,22-23,25-27H2,1-11H3,(H,53,54)/t29-,30-,31+,32-,33-,34-,36+,37?,38+,39+,40+,41+,43+,44-,46-,47+,48-,49-/m0/s1. The second-order valence-electron chi connectivity index (χ2n) is 20.4. The van der Waals surface area contributed by atoms with Crippen LogP contribution in [0.2, 0.25) is 0 Å². The predicted octanol–water partition coefficient (Wildman–Crippen LogP) is 7.48. The molecule has 1 aromatic carbocycles. The molecule has 5 aliphatic heterocycles. The monoisotopic (exact) mass is 904 g/mol. The zero-order valence-corrected chi connectivity index (χ0v) is 40.4. The number of carboxylic acids is 1. The number of carboxylic acid groups (broad SMARTS) is 1. The Kier molecular flexibility index (Phi) is 15.2. The van der Waals surface area contributed by atoms with E-state index in [-0.39, 0.29) is 28.4 Å². The molecule has 0 bridgehead atoms. The molecule has 5 aliphatic rings. The number of hydrogen-bond acceptors (Lipinski definition) is 11. The number of Topliss-reactive ketones (excluding diaryl/α,β-unsaturated/α-hetero) is 1. The fourth-order valence-corrected chi connectivity index (χ4v) is 12.8. The summed E-state index contributed by atoms with van der Waals surface area (Å²) in [5.74, 6) is -6.61. The van der Waals surface area contributed by atoms with Crippen LogP contribution in [0.15, 0.2) is 41.3 Å². The highest BCUT2D eigenvalue weighted by Gasteiger charge is 2.64. The van der Waals surface area contributed by atoms with Crippen molar-refractivity contribution < 1.29 is 57.0 Å². The molecule has 0 radical (unpaired) electrons. The van der Waals surface area contributed by atoms with Crippen LogP contribution in [0.5, 0.6) is 0 Å². The van der Waals surface area contributed by atoms with Gasteiger partial charge in [-0.25, -0.2) is 8.42 Å². The summed E-state index contributed by atoms with van der Waals surface area (Å²) in [6, 6.07) is 5.70. The number of rotatable bonds is 15. The molecule has 4 N–H and O–H groups in total. The summed E-state index contributed by atoms with van der Waals surface area (Å²) in [5.41, 5.74) is -0.925. The third-order valence-electron chi connectivity index (χ3n) is 16.1. The van der Waals surface area contributed by atoms with Crippen molar-refractivity contribution in [2.24, 2.45) is 41.4 Å². The van der Waals surface area contributed by atoms with Crippen molar-refractivity contribution in [3.05, 3.63) is 42.0 Å². The molecule has 0 saturated carbocycles. The topological polar surface area (TPSA) is 187 Å². The van der Waals surface area contributed by atoms with E-state index in [0.29, 0.717) is 57.8 Å². The summed E-state index contributed by atoms with van der Waals surface area (Å²) in [6.45, 7) is 21.3. The number of carbonyl (C=O) groups excluding carboxylic acids is 1. The van der Waals surface area contributed by atoms with Gasteiger partial charge in [-0.2, -0.15) is 4.72 Å². The SMILES string of the molecule is CCC(C(=O)[C@@H](C)[C@@H](O)[C@H](C)[C@@H]1O[C@@H]([C@@H](CC)C(=O)O)CC[C@@H]1C)[C@H]1O[C@]2(C=C[C@@H](NS(=O)(=O)c3ccc(C)cc3)[C@]3(CC[C@@](C)([C@H]4CC[C@](O)(CC)[C@H](C)O4)O3)O2)[C@H](C)C[C@@H]1C. The van der Waals surface area contributed by atoms with Crippen LogP contribution >= 0.6 is 0 Å². The number of benzene rings is 1. The number of sulfonamides is 1. The van der Waals surface area contributed by atoms with Crippen LogP contribution in [-0.2, 0) is 43.3 Å². The molecule has 0 aliphatic carbocycles. The number of aliphatic hydroxyl groups excluding tert-OH is 1. The minimum absolute atomic E-state index is 0.0688. The number of hydrogen-bond donors (Lipinski definition) is 4. The summed E-state index contributed by atoms with van der Waals surface area (Å²) >= 11 is 0. The second kappa shape index (κ2) is 19.1. The molecule has 2 spiro atoms. The van der Waals surface area contributed by atoms with E-state index in [1.807, 2.05) is 55.4 Å². The molecular formula is C49H77NO12S. The fourth-order valence-electron chi connectivity index (χ4n) is 11.6. The van der Waals surface area contributed by atoms with Crippen molar-refractivity contribution in [1.82, 2.24) is 4.72 Å². The Bertz CT molecular complexity index is 1910. The van der Waals surface area contributed by atoms with Gasteiger partial charge in [0.1, 0.15) is 5.78 Å². The summed E-state index contributed by atoms with van der Waals surface area (Å²) in [4.78, 5) is 26.9. The smallest absolute Gasteiger partial charge is 0.309 e. The van der Waals surface area contributed by atoms with Crippen LogP contribution in [0.3, 0.4) is 0 Å². The van der Waals surface area contributed by atoms with Gasteiger partial charge in [0.25, 0.3) is 0 Å². The molecule has 4 saturated heterocycles. The van der Waals surface area contributed by atoms with Gasteiger partial charge < -0.3 is 39.0 Å². The van der Waals surface area contributed by atoms with Crippen molar-refractivity contribution >= 4 is 21.8 Å². The average Bonchev–Trinajstić information content (AvgIpc) is 3.58. The lowest BCUT2D eigenvalue weighted by Gasteiger charge is -2.55. The van der Waals surface area contributed by atoms with Crippen LogP contribution < -0.4 is 4.72 Å². The quantitative estimate of drug-likeness (QED) is 0.127. The summed E-state index contributed by atoms with van der Waals surface area (Å²) in [7, 11) is -4.05. The molecule has 63 heavy (non-hydrogen) atoms. The first-order valence-electron chi connectivity index (χ1n) is 23.8. The Morgan fingerprint density at radius 3 is 2.16 bits per heavy atom. The van der Waals surface area contributed by atoms with Gasteiger partial charge in [-0.1, -0.05) is 79.2 Å². The first-order chi connectivity index (χ1) is 29.5. The third kappa shape index (κ3) is 9.77. The molecule has 6 rings (SSSR count). The van der Waals surface area contributed by atoms with Gasteiger partial charge >= 0.3 is 5.97 Å². The number of aliphatic carboxylic acids is 1. The van der Waals surface area contributed by atoms with Gasteiger partial charge in [0.2, 0.25) is 10.0 Å². The van der Waals surface area contributed by atoms with Crippen molar-refractivity contribution in [2.75, 3.05) is 0 Å². The van der Waals surface area contributed by atoms with Crippen LogP contribution in [0.25, 0.3) is 0 Å². The maximum atomic E-state index is 14.7. The molecule has 0 amide bonds. The Hall–Kier alpha value is -2.27. The maximum absolute atomic E-state index is 14.7. The lowest BCUT2D eigenvalue weighted by Crippen LogP contribution is -2.65. The van der Waals surface area contributed by atoms with E-state index in [0.717, 1.165) is 12.0 Å². The first kappa shape index (κ1) is 50.1. The highest BCUT2D eigenvalue weighted by Crippen LogP contribution is 2.54. The van der Waals surface area contributed by atoms with E-state index in [4.69, 9.17) is 23.7 Å². The lowest BCUT2D eigenvalue weighted by molar-refractivity contribution is -0.397. The van der Waals surface area contributed by atoms with Crippen molar-refractivity contribution in [3.8, 4) is 0 Å². The van der Waals surface area contributed by atoms with Crippen LogP contribution in [0, 0.1) is 48.3 Å². The number of ketones is 1. The molecular weight excluding hydrogens is 827 g/mol. The van der Waals surface area contributed by atoms with E-state index < -0.39 is 105 Å². The fraction of sp³-hybridized carbons (Fsp3) is 0.796. The summed E-state index contributed by atoms with van der Waals surface area (Å²) in [6.07, 6.45) is 5.56.